The molecule has 1 aliphatic rings. The molecule has 0 saturated carbocycles. The van der Waals surface area contributed by atoms with Crippen LogP contribution in [0.5, 0.6) is 0 Å². The molecule has 3 nitrogen and oxygen atoms in total. The van der Waals surface area contributed by atoms with Crippen LogP contribution in [0.25, 0.3) is 0 Å². The van der Waals surface area contributed by atoms with Crippen molar-refractivity contribution in [1.29, 1.82) is 0 Å². The molecule has 0 unspecified atom stereocenters. The van der Waals surface area contributed by atoms with E-state index < -0.39 is 0 Å². The first-order valence-corrected chi connectivity index (χ1v) is 5.38. The maximum atomic E-state index is 5.17. The molecule has 1 rings (SSSR count). The van der Waals surface area contributed by atoms with Gasteiger partial charge in [0.1, 0.15) is 5.66 Å². The molecule has 1 saturated heterocycles. The standard InChI is InChI=1S/C9H19N3S/c1-4-6-9(7-5-2)10-8(13)12(3)11-9/h11H,4-7H2,1-3H3,(H,10,13). The van der Waals surface area contributed by atoms with Gasteiger partial charge in [-0.2, -0.15) is 0 Å². The zero-order chi connectivity index (χ0) is 9.90. The molecule has 1 aliphatic heterocycles. The normalized spacial score (nSPS) is 20.5. The summed E-state index contributed by atoms with van der Waals surface area (Å²) < 4.78 is 0. The van der Waals surface area contributed by atoms with E-state index in [1.54, 1.807) is 0 Å². The molecule has 0 amide bonds. The minimum absolute atomic E-state index is 0.0231. The Bertz CT molecular complexity index is 187. The van der Waals surface area contributed by atoms with Crippen molar-refractivity contribution in [3.05, 3.63) is 0 Å². The summed E-state index contributed by atoms with van der Waals surface area (Å²) in [6.07, 6.45) is 4.56. The molecule has 1 fully saturated rings. The van der Waals surface area contributed by atoms with Crippen molar-refractivity contribution < 1.29 is 0 Å². The zero-order valence-corrected chi connectivity index (χ0v) is 9.50. The Morgan fingerprint density at radius 3 is 2.15 bits per heavy atom. The second-order valence-corrected chi connectivity index (χ2v) is 4.07. The minimum Gasteiger partial charge on any atom is -0.342 e. The lowest BCUT2D eigenvalue weighted by molar-refractivity contribution is 0.209. The first kappa shape index (κ1) is 10.7. The average molecular weight is 201 g/mol. The van der Waals surface area contributed by atoms with Gasteiger partial charge in [-0.3, -0.25) is 5.01 Å². The van der Waals surface area contributed by atoms with Crippen molar-refractivity contribution in [2.75, 3.05) is 7.05 Å². The summed E-state index contributed by atoms with van der Waals surface area (Å²) in [6.45, 7) is 4.39. The Balaban J connectivity index is 2.64. The molecule has 0 atom stereocenters. The van der Waals surface area contributed by atoms with Gasteiger partial charge in [-0.15, -0.1) is 0 Å². The Morgan fingerprint density at radius 1 is 1.31 bits per heavy atom. The molecule has 0 aromatic heterocycles. The molecule has 0 aromatic rings. The predicted octanol–water partition coefficient (Wildman–Crippen LogP) is 1.61. The van der Waals surface area contributed by atoms with E-state index in [1.807, 2.05) is 12.1 Å². The van der Waals surface area contributed by atoms with Crippen LogP contribution in [0.15, 0.2) is 0 Å². The molecule has 0 bridgehead atoms. The van der Waals surface area contributed by atoms with Crippen LogP contribution in [0.1, 0.15) is 39.5 Å². The fourth-order valence-electron chi connectivity index (χ4n) is 1.90. The van der Waals surface area contributed by atoms with Crippen molar-refractivity contribution >= 4 is 17.3 Å². The summed E-state index contributed by atoms with van der Waals surface area (Å²) >= 11 is 5.17. The lowest BCUT2D eigenvalue weighted by Crippen LogP contribution is -2.50. The van der Waals surface area contributed by atoms with Crippen molar-refractivity contribution in [3.8, 4) is 0 Å². The number of nitrogens with zero attached hydrogens (tertiary/aromatic N) is 1. The van der Waals surface area contributed by atoms with Crippen LogP contribution in [0, 0.1) is 0 Å². The van der Waals surface area contributed by atoms with Gasteiger partial charge in [-0.25, -0.2) is 5.43 Å². The van der Waals surface area contributed by atoms with E-state index in [9.17, 15) is 0 Å². The summed E-state index contributed by atoms with van der Waals surface area (Å²) in [5.41, 5.74) is 3.42. The fraction of sp³-hybridized carbons (Fsp3) is 0.889. The topological polar surface area (TPSA) is 27.3 Å². The summed E-state index contributed by atoms with van der Waals surface area (Å²) in [7, 11) is 1.96. The second kappa shape index (κ2) is 4.24. The van der Waals surface area contributed by atoms with Gasteiger partial charge in [0.15, 0.2) is 5.11 Å². The highest BCUT2D eigenvalue weighted by molar-refractivity contribution is 7.80. The Morgan fingerprint density at radius 2 is 1.85 bits per heavy atom. The van der Waals surface area contributed by atoms with Crippen LogP contribution in [0.4, 0.5) is 0 Å². The highest BCUT2D eigenvalue weighted by Gasteiger charge is 2.36. The summed E-state index contributed by atoms with van der Waals surface area (Å²) in [6, 6.07) is 0. The molecule has 13 heavy (non-hydrogen) atoms. The molecule has 1 heterocycles. The van der Waals surface area contributed by atoms with Crippen LogP contribution in [-0.2, 0) is 0 Å². The number of hydrazine groups is 1. The smallest absolute Gasteiger partial charge is 0.184 e. The zero-order valence-electron chi connectivity index (χ0n) is 8.68. The monoisotopic (exact) mass is 201 g/mol. The van der Waals surface area contributed by atoms with E-state index in [-0.39, 0.29) is 5.66 Å². The number of rotatable bonds is 4. The van der Waals surface area contributed by atoms with Crippen molar-refractivity contribution in [2.45, 2.75) is 45.2 Å². The molecule has 76 valence electrons. The van der Waals surface area contributed by atoms with Gasteiger partial charge in [-0.05, 0) is 25.1 Å². The van der Waals surface area contributed by atoms with Gasteiger partial charge in [-0.1, -0.05) is 26.7 Å². The van der Waals surface area contributed by atoms with Crippen LogP contribution in [-0.4, -0.2) is 22.8 Å². The first-order chi connectivity index (χ1) is 6.13. The Kier molecular flexibility index (Phi) is 3.50. The second-order valence-electron chi connectivity index (χ2n) is 3.68. The van der Waals surface area contributed by atoms with E-state index in [2.05, 4.69) is 24.6 Å². The molecule has 2 N–H and O–H groups in total. The van der Waals surface area contributed by atoms with Gasteiger partial charge in [0.05, 0.1) is 0 Å². The quantitative estimate of drug-likeness (QED) is 0.676. The SMILES string of the molecule is CCCC1(CCC)NC(=S)N(C)N1. The number of hydrogen-bond acceptors (Lipinski definition) is 2. The number of nitrogens with one attached hydrogen (secondary N) is 2. The molecule has 0 aromatic carbocycles. The minimum atomic E-state index is 0.0231. The maximum absolute atomic E-state index is 5.17. The molecule has 4 heteroatoms. The van der Waals surface area contributed by atoms with Gasteiger partial charge in [0.2, 0.25) is 0 Å². The van der Waals surface area contributed by atoms with Crippen LogP contribution < -0.4 is 10.7 Å². The predicted molar refractivity (Wildman–Crippen MR) is 59.2 cm³/mol. The first-order valence-electron chi connectivity index (χ1n) is 4.97. The van der Waals surface area contributed by atoms with Crippen molar-refractivity contribution in [3.63, 3.8) is 0 Å². The Hall–Kier alpha value is -0.350. The van der Waals surface area contributed by atoms with Crippen molar-refractivity contribution in [2.24, 2.45) is 0 Å². The van der Waals surface area contributed by atoms with E-state index in [0.717, 1.165) is 30.8 Å². The molecule has 0 aliphatic carbocycles. The third-order valence-electron chi connectivity index (χ3n) is 2.39. The van der Waals surface area contributed by atoms with Gasteiger partial charge in [0.25, 0.3) is 0 Å². The van der Waals surface area contributed by atoms with Crippen molar-refractivity contribution in [1.82, 2.24) is 15.8 Å². The fourth-order valence-corrected chi connectivity index (χ4v) is 2.14. The summed E-state index contributed by atoms with van der Waals surface area (Å²) in [5.74, 6) is 0. The highest BCUT2D eigenvalue weighted by atomic mass is 32.1. The van der Waals surface area contributed by atoms with Gasteiger partial charge in [0, 0.05) is 7.05 Å². The third-order valence-corrected chi connectivity index (χ3v) is 2.76. The van der Waals surface area contributed by atoms with E-state index in [0.29, 0.717) is 0 Å². The van der Waals surface area contributed by atoms with Gasteiger partial charge >= 0.3 is 0 Å². The van der Waals surface area contributed by atoms with Crippen LogP contribution in [0.3, 0.4) is 0 Å². The number of hydrogen-bond donors (Lipinski definition) is 2. The van der Waals surface area contributed by atoms with E-state index >= 15 is 0 Å². The summed E-state index contributed by atoms with van der Waals surface area (Å²) in [4.78, 5) is 0. The largest absolute Gasteiger partial charge is 0.342 e. The lowest BCUT2D eigenvalue weighted by atomic mass is 10.00. The molecule has 0 radical (unpaired) electrons. The van der Waals surface area contributed by atoms with E-state index in [1.165, 1.54) is 0 Å². The highest BCUT2D eigenvalue weighted by Crippen LogP contribution is 2.21. The third kappa shape index (κ3) is 2.31. The van der Waals surface area contributed by atoms with Crippen LogP contribution in [0.2, 0.25) is 0 Å². The molecular formula is C9H19N3S. The maximum Gasteiger partial charge on any atom is 0.184 e. The average Bonchev–Trinajstić information content (AvgIpc) is 2.29. The van der Waals surface area contributed by atoms with E-state index in [4.69, 9.17) is 12.2 Å². The Labute approximate surface area is 85.8 Å². The van der Waals surface area contributed by atoms with Crippen LogP contribution >= 0.6 is 12.2 Å². The molecular weight excluding hydrogens is 182 g/mol. The number of thiocarbonyl (C=S) groups is 1. The summed E-state index contributed by atoms with van der Waals surface area (Å²) in [5, 5.41) is 6.08. The lowest BCUT2D eigenvalue weighted by Gasteiger charge is -2.28. The van der Waals surface area contributed by atoms with Gasteiger partial charge < -0.3 is 5.32 Å². The molecule has 0 spiro atoms.